The highest BCUT2D eigenvalue weighted by Crippen LogP contribution is 2.58. The third-order valence-electron chi connectivity index (χ3n) is 6.31. The number of piperidine rings is 1. The van der Waals surface area contributed by atoms with Crippen molar-refractivity contribution in [3.05, 3.63) is 23.9 Å². The van der Waals surface area contributed by atoms with E-state index in [0.717, 1.165) is 56.8 Å². The lowest BCUT2D eigenvalue weighted by atomic mass is 9.92. The van der Waals surface area contributed by atoms with E-state index in [0.29, 0.717) is 12.0 Å². The van der Waals surface area contributed by atoms with Crippen molar-refractivity contribution >= 4 is 11.7 Å². The van der Waals surface area contributed by atoms with E-state index in [1.807, 2.05) is 12.3 Å². The number of hydrogen-bond donors (Lipinski definition) is 2. The van der Waals surface area contributed by atoms with E-state index < -0.39 is 0 Å². The molecule has 1 saturated carbocycles. The Morgan fingerprint density at radius 3 is 2.76 bits per heavy atom. The number of aromatic nitrogens is 1. The minimum Gasteiger partial charge on any atom is -0.357 e. The van der Waals surface area contributed by atoms with Crippen LogP contribution in [0.2, 0.25) is 0 Å². The third-order valence-corrected chi connectivity index (χ3v) is 6.31. The van der Waals surface area contributed by atoms with Crippen molar-refractivity contribution in [2.75, 3.05) is 31.1 Å². The summed E-state index contributed by atoms with van der Waals surface area (Å²) in [5, 5.41) is 6.57. The molecule has 2 aliphatic heterocycles. The van der Waals surface area contributed by atoms with Crippen molar-refractivity contribution in [3.8, 4) is 0 Å². The van der Waals surface area contributed by atoms with Crippen molar-refractivity contribution in [3.63, 3.8) is 0 Å². The fourth-order valence-electron chi connectivity index (χ4n) is 4.55. The molecule has 4 rings (SSSR count). The molecule has 5 nitrogen and oxygen atoms in total. The van der Waals surface area contributed by atoms with Gasteiger partial charge in [-0.3, -0.25) is 4.79 Å². The second-order valence-corrected chi connectivity index (χ2v) is 8.01. The first-order chi connectivity index (χ1) is 12.3. The number of anilines is 1. The van der Waals surface area contributed by atoms with Gasteiger partial charge in [-0.1, -0.05) is 12.8 Å². The fraction of sp³-hybridized carbons (Fsp3) is 0.700. The van der Waals surface area contributed by atoms with Gasteiger partial charge in [0.2, 0.25) is 5.91 Å². The molecule has 1 atom stereocenters. The van der Waals surface area contributed by atoms with Gasteiger partial charge in [0.05, 0.1) is 0 Å². The van der Waals surface area contributed by atoms with Gasteiger partial charge in [0.1, 0.15) is 5.82 Å². The summed E-state index contributed by atoms with van der Waals surface area (Å²) in [6.45, 7) is 4.94. The zero-order valence-corrected chi connectivity index (χ0v) is 15.1. The van der Waals surface area contributed by atoms with E-state index >= 15 is 0 Å². The van der Waals surface area contributed by atoms with E-state index in [9.17, 15) is 4.79 Å². The number of nitrogens with one attached hydrogen (secondary N) is 2. The quantitative estimate of drug-likeness (QED) is 0.883. The summed E-state index contributed by atoms with van der Waals surface area (Å²) in [5.74, 6) is 1.55. The van der Waals surface area contributed by atoms with Crippen LogP contribution in [0.25, 0.3) is 0 Å². The Labute approximate surface area is 150 Å². The molecule has 25 heavy (non-hydrogen) atoms. The van der Waals surface area contributed by atoms with E-state index in [4.69, 9.17) is 0 Å². The molecule has 136 valence electrons. The third kappa shape index (κ3) is 3.81. The molecule has 3 heterocycles. The highest BCUT2D eigenvalue weighted by molar-refractivity contribution is 5.82. The summed E-state index contributed by atoms with van der Waals surface area (Å²) in [4.78, 5) is 19.5. The van der Waals surface area contributed by atoms with Crippen molar-refractivity contribution in [2.45, 2.75) is 51.5 Å². The zero-order chi connectivity index (χ0) is 17.1. The smallest absolute Gasteiger partial charge is 0.223 e. The molecule has 2 N–H and O–H groups in total. The van der Waals surface area contributed by atoms with Crippen LogP contribution >= 0.6 is 0 Å². The van der Waals surface area contributed by atoms with Crippen LogP contribution < -0.4 is 15.5 Å². The zero-order valence-electron chi connectivity index (χ0n) is 15.1. The highest BCUT2D eigenvalue weighted by Gasteiger charge is 2.57. The van der Waals surface area contributed by atoms with Crippen molar-refractivity contribution in [1.82, 2.24) is 15.6 Å². The molecular weight excluding hydrogens is 312 g/mol. The van der Waals surface area contributed by atoms with Gasteiger partial charge < -0.3 is 15.5 Å². The van der Waals surface area contributed by atoms with Crippen LogP contribution in [0.15, 0.2) is 18.3 Å². The number of nitrogens with zero attached hydrogens (tertiary/aromatic N) is 2. The molecular formula is C20H30N4O. The lowest BCUT2D eigenvalue weighted by Gasteiger charge is -2.23. The second-order valence-electron chi connectivity index (χ2n) is 8.01. The van der Waals surface area contributed by atoms with E-state index in [1.165, 1.54) is 25.7 Å². The van der Waals surface area contributed by atoms with Crippen LogP contribution in [0.1, 0.15) is 50.5 Å². The van der Waals surface area contributed by atoms with Crippen LogP contribution in [-0.4, -0.2) is 37.1 Å². The van der Waals surface area contributed by atoms with Gasteiger partial charge in [-0.15, -0.1) is 0 Å². The number of carbonyl (C=O) groups excluding carboxylic acids is 1. The molecule has 3 aliphatic rings. The predicted molar refractivity (Wildman–Crippen MR) is 99.4 cm³/mol. The SMILES string of the molecule is O=C(NCc1ccnc(N2CCCCCC2)c1)C1CC12CCNCC2. The monoisotopic (exact) mass is 342 g/mol. The molecule has 0 radical (unpaired) electrons. The standard InChI is InChI=1S/C20H30N4O/c25-19(17-14-20(17)6-9-21-10-7-20)23-15-16-5-8-22-18(13-16)24-11-3-1-2-4-12-24/h5,8,13,17,21H,1-4,6-7,9-12,14-15H2,(H,23,25). The number of rotatable bonds is 4. The maximum atomic E-state index is 12.5. The lowest BCUT2D eigenvalue weighted by Crippen LogP contribution is -2.33. The molecule has 1 aliphatic carbocycles. The summed E-state index contributed by atoms with van der Waals surface area (Å²) in [6, 6.07) is 4.17. The molecule has 1 aromatic heterocycles. The average Bonchev–Trinajstić information content (AvgIpc) is 3.40. The number of pyridine rings is 1. The molecule has 1 aromatic rings. The molecule has 1 amide bonds. The van der Waals surface area contributed by atoms with Gasteiger partial charge in [-0.2, -0.15) is 0 Å². The van der Waals surface area contributed by atoms with Gasteiger partial charge in [-0.25, -0.2) is 4.98 Å². The molecule has 1 unspecified atom stereocenters. The average molecular weight is 342 g/mol. The Morgan fingerprint density at radius 2 is 2.00 bits per heavy atom. The largest absolute Gasteiger partial charge is 0.357 e. The Bertz CT molecular complexity index is 603. The van der Waals surface area contributed by atoms with Crippen molar-refractivity contribution in [2.24, 2.45) is 11.3 Å². The first kappa shape index (κ1) is 16.8. The maximum Gasteiger partial charge on any atom is 0.223 e. The normalized spacial score (nSPS) is 25.4. The van der Waals surface area contributed by atoms with E-state index in [1.54, 1.807) is 0 Å². The Morgan fingerprint density at radius 1 is 1.24 bits per heavy atom. The van der Waals surface area contributed by atoms with Gasteiger partial charge in [0.15, 0.2) is 0 Å². The maximum absolute atomic E-state index is 12.5. The van der Waals surface area contributed by atoms with Crippen LogP contribution in [0.4, 0.5) is 5.82 Å². The Balaban J connectivity index is 1.32. The van der Waals surface area contributed by atoms with Crippen molar-refractivity contribution in [1.29, 1.82) is 0 Å². The van der Waals surface area contributed by atoms with Gasteiger partial charge >= 0.3 is 0 Å². The molecule has 0 bridgehead atoms. The summed E-state index contributed by atoms with van der Waals surface area (Å²) in [6.07, 6.45) is 10.4. The Hall–Kier alpha value is -1.62. The van der Waals surface area contributed by atoms with E-state index in [-0.39, 0.29) is 11.8 Å². The highest BCUT2D eigenvalue weighted by atomic mass is 16.2. The number of amides is 1. The minimum atomic E-state index is 0.238. The lowest BCUT2D eigenvalue weighted by molar-refractivity contribution is -0.123. The summed E-state index contributed by atoms with van der Waals surface area (Å²) in [7, 11) is 0. The summed E-state index contributed by atoms with van der Waals surface area (Å²) in [5.41, 5.74) is 1.47. The van der Waals surface area contributed by atoms with E-state index in [2.05, 4.69) is 26.6 Å². The number of carbonyl (C=O) groups is 1. The summed E-state index contributed by atoms with van der Waals surface area (Å²) < 4.78 is 0. The fourth-order valence-corrected chi connectivity index (χ4v) is 4.55. The van der Waals surface area contributed by atoms with Crippen LogP contribution in [0.5, 0.6) is 0 Å². The predicted octanol–water partition coefficient (Wildman–Crippen LogP) is 2.47. The molecule has 1 spiro atoms. The van der Waals surface area contributed by atoms with Gasteiger partial charge in [0, 0.05) is 31.7 Å². The molecule has 3 fully saturated rings. The van der Waals surface area contributed by atoms with Crippen LogP contribution in [0.3, 0.4) is 0 Å². The van der Waals surface area contributed by atoms with Gasteiger partial charge in [-0.05, 0) is 68.3 Å². The summed E-state index contributed by atoms with van der Waals surface area (Å²) >= 11 is 0. The van der Waals surface area contributed by atoms with Crippen molar-refractivity contribution < 1.29 is 4.79 Å². The Kier molecular flexibility index (Phi) is 4.93. The van der Waals surface area contributed by atoms with Crippen LogP contribution in [-0.2, 0) is 11.3 Å². The molecule has 5 heteroatoms. The minimum absolute atomic E-state index is 0.238. The first-order valence-corrected chi connectivity index (χ1v) is 9.95. The molecule has 2 saturated heterocycles. The number of hydrogen-bond acceptors (Lipinski definition) is 4. The molecule has 0 aromatic carbocycles. The van der Waals surface area contributed by atoms with Gasteiger partial charge in [0.25, 0.3) is 0 Å². The van der Waals surface area contributed by atoms with Crippen LogP contribution in [0, 0.1) is 11.3 Å². The topological polar surface area (TPSA) is 57.3 Å². The first-order valence-electron chi connectivity index (χ1n) is 9.95. The second kappa shape index (κ2) is 7.32.